The molecule has 0 aliphatic rings. The monoisotopic (exact) mass is 630 g/mol. The van der Waals surface area contributed by atoms with Crippen LogP contribution < -0.4 is 4.74 Å². The predicted molar refractivity (Wildman–Crippen MR) is 171 cm³/mol. The molecule has 0 amide bonds. The largest absolute Gasteiger partial charge is 0.504 e. The summed E-state index contributed by atoms with van der Waals surface area (Å²) in [5.41, 5.74) is -0.964. The van der Waals surface area contributed by atoms with Gasteiger partial charge in [0.05, 0.1) is 16.7 Å². The van der Waals surface area contributed by atoms with E-state index in [1.165, 1.54) is 0 Å². The number of benzene rings is 2. The molecule has 0 saturated heterocycles. The van der Waals surface area contributed by atoms with Crippen LogP contribution in [-0.4, -0.2) is 33.7 Å². The van der Waals surface area contributed by atoms with Crippen molar-refractivity contribution < 1.29 is 38.9 Å². The van der Waals surface area contributed by atoms with Crippen molar-refractivity contribution in [3.63, 3.8) is 0 Å². The second-order valence-corrected chi connectivity index (χ2v) is 11.5. The summed E-state index contributed by atoms with van der Waals surface area (Å²) >= 11 is 6.24. The molecule has 0 spiro atoms. The average molecular weight is 631 g/mol. The summed E-state index contributed by atoms with van der Waals surface area (Å²) in [6, 6.07) is 6.73. The Morgan fingerprint density at radius 3 is 1.73 bits per heavy atom. The lowest BCUT2D eigenvalue weighted by molar-refractivity contribution is -0.134. The number of carbonyl (C=O) groups is 4. The number of halogens is 1. The zero-order valence-electron chi connectivity index (χ0n) is 26.3. The number of hydrogen-bond acceptors (Lipinski definition) is 8. The molecule has 8 nitrogen and oxygen atoms in total. The van der Waals surface area contributed by atoms with Crippen LogP contribution in [-0.2, 0) is 16.1 Å². The number of carbonyl (C=O) groups excluding carboxylic acids is 4. The first-order valence-corrected chi connectivity index (χ1v) is 16.3. The molecule has 0 heterocycles. The molecule has 0 radical (unpaired) electrons. The summed E-state index contributed by atoms with van der Waals surface area (Å²) in [6.45, 7) is 5.82. The standard InChI is InChI=1S/C35H47ClO8/c1-4-7-10-13-20-26(37)29-31(35(42)43-23-24-18-16-17-19-25(24)36)30(27(38)21-14-11-8-5-2)34(33(41)32(29)40)44-28(39)22-15-12-9-6-3/h16-19,40-41H,4-15,20-23H2,1-3H3. The van der Waals surface area contributed by atoms with E-state index in [-0.39, 0.29) is 25.9 Å². The van der Waals surface area contributed by atoms with Crippen LogP contribution in [0.1, 0.15) is 154 Å². The Morgan fingerprint density at radius 2 is 1.18 bits per heavy atom. The Kier molecular flexibility index (Phi) is 16.6. The Bertz CT molecular complexity index is 1270. The van der Waals surface area contributed by atoms with Crippen LogP contribution >= 0.6 is 11.6 Å². The van der Waals surface area contributed by atoms with Gasteiger partial charge in [-0.15, -0.1) is 0 Å². The Labute approximate surface area is 266 Å². The molecule has 2 aromatic rings. The molecule has 0 aromatic heterocycles. The number of phenols is 2. The van der Waals surface area contributed by atoms with Crippen LogP contribution in [0.5, 0.6) is 17.2 Å². The Balaban J connectivity index is 2.66. The first kappa shape index (κ1) is 36.8. The van der Waals surface area contributed by atoms with Crippen molar-refractivity contribution in [2.24, 2.45) is 0 Å². The van der Waals surface area contributed by atoms with E-state index in [0.717, 1.165) is 57.8 Å². The maximum atomic E-state index is 13.8. The predicted octanol–water partition coefficient (Wildman–Crippen LogP) is 9.29. The van der Waals surface area contributed by atoms with Gasteiger partial charge < -0.3 is 19.7 Å². The molecule has 9 heteroatoms. The van der Waals surface area contributed by atoms with Gasteiger partial charge in [-0.3, -0.25) is 14.4 Å². The van der Waals surface area contributed by atoms with Gasteiger partial charge >= 0.3 is 11.9 Å². The first-order valence-electron chi connectivity index (χ1n) is 16.0. The number of rotatable bonds is 21. The number of ether oxygens (including phenoxy) is 2. The second kappa shape index (κ2) is 19.8. The Hall–Kier alpha value is -3.39. The smallest absolute Gasteiger partial charge is 0.340 e. The normalized spacial score (nSPS) is 10.9. The van der Waals surface area contributed by atoms with Gasteiger partial charge in [0.1, 0.15) is 6.61 Å². The van der Waals surface area contributed by atoms with E-state index in [1.807, 2.05) is 20.8 Å². The van der Waals surface area contributed by atoms with Crippen molar-refractivity contribution in [3.8, 4) is 17.2 Å². The van der Waals surface area contributed by atoms with Gasteiger partial charge in [0.15, 0.2) is 23.1 Å². The van der Waals surface area contributed by atoms with Crippen molar-refractivity contribution in [1.82, 2.24) is 0 Å². The van der Waals surface area contributed by atoms with E-state index in [0.29, 0.717) is 29.8 Å². The molecule has 0 aliphatic carbocycles. The summed E-state index contributed by atoms with van der Waals surface area (Å²) in [6.07, 6.45) is 9.28. The van der Waals surface area contributed by atoms with E-state index < -0.39 is 57.4 Å². The Morgan fingerprint density at radius 1 is 0.659 bits per heavy atom. The minimum absolute atomic E-state index is 0.00866. The molecule has 44 heavy (non-hydrogen) atoms. The van der Waals surface area contributed by atoms with Gasteiger partial charge in [0.2, 0.25) is 5.75 Å². The third-order valence-electron chi connectivity index (χ3n) is 7.45. The fourth-order valence-electron chi connectivity index (χ4n) is 4.91. The summed E-state index contributed by atoms with van der Waals surface area (Å²) < 4.78 is 11.0. The highest BCUT2D eigenvalue weighted by atomic mass is 35.5. The van der Waals surface area contributed by atoms with Crippen LogP contribution in [0.25, 0.3) is 0 Å². The number of phenolic OH excluding ortho intramolecular Hbond substituents is 2. The van der Waals surface area contributed by atoms with Gasteiger partial charge in [0, 0.05) is 29.8 Å². The zero-order chi connectivity index (χ0) is 32.5. The summed E-state index contributed by atoms with van der Waals surface area (Å²) in [5.74, 6) is -5.52. The van der Waals surface area contributed by atoms with Gasteiger partial charge in [-0.1, -0.05) is 108 Å². The van der Waals surface area contributed by atoms with E-state index in [2.05, 4.69) is 0 Å². The van der Waals surface area contributed by atoms with Crippen molar-refractivity contribution in [1.29, 1.82) is 0 Å². The summed E-state index contributed by atoms with van der Waals surface area (Å²) in [7, 11) is 0. The van der Waals surface area contributed by atoms with Crippen molar-refractivity contribution >= 4 is 35.1 Å². The third kappa shape index (κ3) is 11.0. The van der Waals surface area contributed by atoms with Gasteiger partial charge in [-0.25, -0.2) is 4.79 Å². The maximum absolute atomic E-state index is 13.8. The van der Waals surface area contributed by atoms with Gasteiger partial charge in [-0.05, 0) is 25.3 Å². The van der Waals surface area contributed by atoms with E-state index in [9.17, 15) is 29.4 Å². The van der Waals surface area contributed by atoms with Crippen LogP contribution in [0.15, 0.2) is 24.3 Å². The summed E-state index contributed by atoms with van der Waals surface area (Å²) in [4.78, 5) is 53.9. The van der Waals surface area contributed by atoms with Crippen LogP contribution in [0.4, 0.5) is 0 Å². The number of unbranched alkanes of at least 4 members (excludes halogenated alkanes) is 9. The summed E-state index contributed by atoms with van der Waals surface area (Å²) in [5, 5.41) is 22.6. The molecule has 0 aliphatic heterocycles. The molecule has 0 unspecified atom stereocenters. The first-order chi connectivity index (χ1) is 21.2. The number of esters is 2. The fraction of sp³-hybridized carbons (Fsp3) is 0.543. The van der Waals surface area contributed by atoms with Crippen molar-refractivity contribution in [3.05, 3.63) is 51.5 Å². The van der Waals surface area contributed by atoms with Crippen LogP contribution in [0.2, 0.25) is 5.02 Å². The quantitative estimate of drug-likeness (QED) is 0.0459. The molecule has 0 atom stereocenters. The molecular formula is C35H47ClO8. The molecule has 0 bridgehead atoms. The zero-order valence-corrected chi connectivity index (χ0v) is 27.1. The van der Waals surface area contributed by atoms with Crippen LogP contribution in [0.3, 0.4) is 0 Å². The molecule has 2 N–H and O–H groups in total. The van der Waals surface area contributed by atoms with E-state index in [4.69, 9.17) is 21.1 Å². The topological polar surface area (TPSA) is 127 Å². The average Bonchev–Trinajstić information content (AvgIpc) is 3.01. The molecule has 2 rings (SSSR count). The SMILES string of the molecule is CCCCCCC(=O)Oc1c(O)c(O)c(C(=O)CCCCCC)c(C(=O)OCc2ccccc2Cl)c1C(=O)CCCCCC. The second-order valence-electron chi connectivity index (χ2n) is 11.1. The highest BCUT2D eigenvalue weighted by Gasteiger charge is 2.36. The minimum atomic E-state index is -1.07. The lowest BCUT2D eigenvalue weighted by atomic mass is 9.89. The fourth-order valence-corrected chi connectivity index (χ4v) is 5.10. The third-order valence-corrected chi connectivity index (χ3v) is 7.82. The van der Waals surface area contributed by atoms with Gasteiger partial charge in [-0.2, -0.15) is 0 Å². The van der Waals surface area contributed by atoms with E-state index in [1.54, 1.807) is 24.3 Å². The molecular weight excluding hydrogens is 584 g/mol. The number of Topliss-reactive ketones (excluding diaryl/α,β-unsaturated/α-hetero) is 2. The van der Waals surface area contributed by atoms with E-state index >= 15 is 0 Å². The van der Waals surface area contributed by atoms with Gasteiger partial charge in [0.25, 0.3) is 0 Å². The highest BCUT2D eigenvalue weighted by molar-refractivity contribution is 6.31. The van der Waals surface area contributed by atoms with Crippen LogP contribution in [0, 0.1) is 0 Å². The molecule has 242 valence electrons. The lowest BCUT2D eigenvalue weighted by Gasteiger charge is -2.20. The van der Waals surface area contributed by atoms with Crippen molar-refractivity contribution in [2.45, 2.75) is 124 Å². The number of ketones is 2. The minimum Gasteiger partial charge on any atom is -0.504 e. The highest BCUT2D eigenvalue weighted by Crippen LogP contribution is 2.46. The maximum Gasteiger partial charge on any atom is 0.340 e. The molecule has 2 aromatic carbocycles. The lowest BCUT2D eigenvalue weighted by Crippen LogP contribution is -2.21. The van der Waals surface area contributed by atoms with Crippen molar-refractivity contribution in [2.75, 3.05) is 0 Å². The number of aromatic hydroxyl groups is 2. The molecule has 0 saturated carbocycles. The molecule has 0 fully saturated rings. The number of hydrogen-bond donors (Lipinski definition) is 2.